The maximum absolute atomic E-state index is 12.6. The Bertz CT molecular complexity index is 823. The Balaban J connectivity index is 1.73. The highest BCUT2D eigenvalue weighted by Crippen LogP contribution is 2.30. The third-order valence-electron chi connectivity index (χ3n) is 4.12. The van der Waals surface area contributed by atoms with Crippen molar-refractivity contribution in [2.45, 2.75) is 13.1 Å². The number of fused-ring (bicyclic) bond motifs is 3. The Morgan fingerprint density at radius 3 is 2.48 bits per heavy atom. The molecule has 0 saturated heterocycles. The van der Waals surface area contributed by atoms with Gasteiger partial charge in [0.25, 0.3) is 5.91 Å². The molecule has 0 aliphatic carbocycles. The van der Waals surface area contributed by atoms with Crippen LogP contribution in [0.2, 0.25) is 0 Å². The second kappa shape index (κ2) is 4.74. The molecule has 1 heterocycles. The van der Waals surface area contributed by atoms with Crippen molar-refractivity contribution in [1.82, 2.24) is 4.90 Å². The number of carbonyl (C=O) groups is 1. The number of benzene rings is 3. The van der Waals surface area contributed by atoms with E-state index in [0.717, 1.165) is 11.1 Å². The van der Waals surface area contributed by atoms with E-state index in [1.807, 2.05) is 47.4 Å². The SMILES string of the molecule is O=C1c2ccc3ccccc3c2CN1Cc1ccccc1. The molecule has 0 atom stereocenters. The first-order valence-corrected chi connectivity index (χ1v) is 7.17. The molecule has 0 N–H and O–H groups in total. The smallest absolute Gasteiger partial charge is 0.254 e. The molecule has 21 heavy (non-hydrogen) atoms. The van der Waals surface area contributed by atoms with Crippen molar-refractivity contribution < 1.29 is 4.79 Å². The zero-order valence-electron chi connectivity index (χ0n) is 11.6. The molecule has 2 nitrogen and oxygen atoms in total. The molecule has 3 aromatic carbocycles. The van der Waals surface area contributed by atoms with E-state index in [2.05, 4.69) is 24.3 Å². The lowest BCUT2D eigenvalue weighted by Gasteiger charge is -2.15. The van der Waals surface area contributed by atoms with Gasteiger partial charge in [0.15, 0.2) is 0 Å². The summed E-state index contributed by atoms with van der Waals surface area (Å²) in [5.74, 6) is 0.139. The fraction of sp³-hybridized carbons (Fsp3) is 0.105. The molecule has 1 aliphatic rings. The zero-order chi connectivity index (χ0) is 14.2. The minimum atomic E-state index is 0.139. The Hall–Kier alpha value is -2.61. The van der Waals surface area contributed by atoms with E-state index in [0.29, 0.717) is 13.1 Å². The lowest BCUT2D eigenvalue weighted by Crippen LogP contribution is -2.23. The molecule has 1 amide bonds. The predicted molar refractivity (Wildman–Crippen MR) is 84.0 cm³/mol. The summed E-state index contributed by atoms with van der Waals surface area (Å²) in [6.45, 7) is 1.37. The summed E-state index contributed by atoms with van der Waals surface area (Å²) in [5, 5.41) is 2.39. The van der Waals surface area contributed by atoms with Gasteiger partial charge in [0.05, 0.1) is 0 Å². The van der Waals surface area contributed by atoms with E-state index in [9.17, 15) is 4.79 Å². The van der Waals surface area contributed by atoms with Gasteiger partial charge >= 0.3 is 0 Å². The van der Waals surface area contributed by atoms with Crippen LogP contribution in [0.5, 0.6) is 0 Å². The Morgan fingerprint density at radius 2 is 1.62 bits per heavy atom. The van der Waals surface area contributed by atoms with Crippen LogP contribution >= 0.6 is 0 Å². The first kappa shape index (κ1) is 12.2. The third kappa shape index (κ3) is 2.00. The summed E-state index contributed by atoms with van der Waals surface area (Å²) < 4.78 is 0. The average Bonchev–Trinajstić information content (AvgIpc) is 2.85. The molecule has 2 heteroatoms. The summed E-state index contributed by atoms with van der Waals surface area (Å²) in [6, 6.07) is 22.4. The summed E-state index contributed by atoms with van der Waals surface area (Å²) in [6.07, 6.45) is 0. The van der Waals surface area contributed by atoms with Crippen LogP contribution in [-0.2, 0) is 13.1 Å². The molecule has 0 bridgehead atoms. The molecule has 0 radical (unpaired) electrons. The van der Waals surface area contributed by atoms with E-state index < -0.39 is 0 Å². The van der Waals surface area contributed by atoms with Gasteiger partial charge in [-0.2, -0.15) is 0 Å². The van der Waals surface area contributed by atoms with Crippen LogP contribution in [0, 0.1) is 0 Å². The molecule has 0 unspecified atom stereocenters. The van der Waals surface area contributed by atoms with E-state index in [1.165, 1.54) is 16.3 Å². The fourth-order valence-electron chi connectivity index (χ4n) is 3.07. The van der Waals surface area contributed by atoms with Gasteiger partial charge in [-0.3, -0.25) is 4.79 Å². The molecule has 0 saturated carbocycles. The second-order valence-electron chi connectivity index (χ2n) is 5.46. The fourth-order valence-corrected chi connectivity index (χ4v) is 3.07. The largest absolute Gasteiger partial charge is 0.330 e. The number of carbonyl (C=O) groups excluding carboxylic acids is 1. The second-order valence-corrected chi connectivity index (χ2v) is 5.46. The average molecular weight is 273 g/mol. The molecule has 3 aromatic rings. The van der Waals surface area contributed by atoms with Crippen molar-refractivity contribution in [1.29, 1.82) is 0 Å². The highest BCUT2D eigenvalue weighted by Gasteiger charge is 2.28. The Labute approximate surface area is 123 Å². The summed E-state index contributed by atoms with van der Waals surface area (Å²) in [5.41, 5.74) is 3.18. The van der Waals surface area contributed by atoms with Gasteiger partial charge in [0, 0.05) is 18.7 Å². The quantitative estimate of drug-likeness (QED) is 0.691. The van der Waals surface area contributed by atoms with E-state index >= 15 is 0 Å². The Kier molecular flexibility index (Phi) is 2.74. The number of hydrogen-bond acceptors (Lipinski definition) is 1. The van der Waals surface area contributed by atoms with Crippen LogP contribution in [0.15, 0.2) is 66.7 Å². The van der Waals surface area contributed by atoms with Crippen molar-refractivity contribution in [3.05, 3.63) is 83.4 Å². The minimum Gasteiger partial charge on any atom is -0.330 e. The van der Waals surface area contributed by atoms with E-state index in [4.69, 9.17) is 0 Å². The molecule has 1 aliphatic heterocycles. The lowest BCUT2D eigenvalue weighted by molar-refractivity contribution is 0.0767. The summed E-state index contributed by atoms with van der Waals surface area (Å²) >= 11 is 0. The van der Waals surface area contributed by atoms with Gasteiger partial charge < -0.3 is 4.90 Å². The van der Waals surface area contributed by atoms with Crippen molar-refractivity contribution >= 4 is 16.7 Å². The van der Waals surface area contributed by atoms with Crippen molar-refractivity contribution in [2.75, 3.05) is 0 Å². The van der Waals surface area contributed by atoms with Gasteiger partial charge in [-0.05, 0) is 28.0 Å². The van der Waals surface area contributed by atoms with E-state index in [1.54, 1.807) is 0 Å². The van der Waals surface area contributed by atoms with Crippen molar-refractivity contribution in [3.8, 4) is 0 Å². The maximum Gasteiger partial charge on any atom is 0.254 e. The van der Waals surface area contributed by atoms with Crippen LogP contribution in [0.4, 0.5) is 0 Å². The molecular weight excluding hydrogens is 258 g/mol. The normalized spacial score (nSPS) is 13.7. The van der Waals surface area contributed by atoms with Crippen molar-refractivity contribution in [3.63, 3.8) is 0 Å². The highest BCUT2D eigenvalue weighted by atomic mass is 16.2. The number of rotatable bonds is 2. The first-order valence-electron chi connectivity index (χ1n) is 7.17. The number of amides is 1. The van der Waals surface area contributed by atoms with Gasteiger partial charge in [-0.1, -0.05) is 60.7 Å². The molecular formula is C19H15NO. The van der Waals surface area contributed by atoms with Crippen LogP contribution in [0.3, 0.4) is 0 Å². The Morgan fingerprint density at radius 1 is 0.857 bits per heavy atom. The van der Waals surface area contributed by atoms with Gasteiger partial charge in [-0.25, -0.2) is 0 Å². The van der Waals surface area contributed by atoms with Crippen LogP contribution in [-0.4, -0.2) is 10.8 Å². The molecule has 4 rings (SSSR count). The monoisotopic (exact) mass is 273 g/mol. The van der Waals surface area contributed by atoms with E-state index in [-0.39, 0.29) is 5.91 Å². The summed E-state index contributed by atoms with van der Waals surface area (Å²) in [4.78, 5) is 14.5. The zero-order valence-corrected chi connectivity index (χ0v) is 11.6. The van der Waals surface area contributed by atoms with Crippen LogP contribution in [0.1, 0.15) is 21.5 Å². The summed E-state index contributed by atoms with van der Waals surface area (Å²) in [7, 11) is 0. The number of hydrogen-bond donors (Lipinski definition) is 0. The predicted octanol–water partition coefficient (Wildman–Crippen LogP) is 4.00. The van der Waals surface area contributed by atoms with Crippen LogP contribution in [0.25, 0.3) is 10.8 Å². The van der Waals surface area contributed by atoms with Crippen molar-refractivity contribution in [2.24, 2.45) is 0 Å². The minimum absolute atomic E-state index is 0.139. The van der Waals surface area contributed by atoms with Gasteiger partial charge in [0.2, 0.25) is 0 Å². The molecule has 102 valence electrons. The lowest BCUT2D eigenvalue weighted by atomic mass is 10.0. The van der Waals surface area contributed by atoms with Gasteiger partial charge in [0.1, 0.15) is 0 Å². The first-order chi connectivity index (χ1) is 10.3. The standard InChI is InChI=1S/C19H15NO/c21-19-17-11-10-15-8-4-5-9-16(15)18(17)13-20(19)12-14-6-2-1-3-7-14/h1-11H,12-13H2. The molecule has 0 fully saturated rings. The molecule has 0 aromatic heterocycles. The highest BCUT2D eigenvalue weighted by molar-refractivity contribution is 6.04. The molecule has 0 spiro atoms. The van der Waals surface area contributed by atoms with Gasteiger partial charge in [-0.15, -0.1) is 0 Å². The van der Waals surface area contributed by atoms with Crippen LogP contribution < -0.4 is 0 Å². The number of nitrogens with zero attached hydrogens (tertiary/aromatic N) is 1. The topological polar surface area (TPSA) is 20.3 Å². The maximum atomic E-state index is 12.6. The third-order valence-corrected chi connectivity index (χ3v) is 4.12.